The summed E-state index contributed by atoms with van der Waals surface area (Å²) in [5.74, 6) is -0.297. The molecule has 1 saturated heterocycles. The van der Waals surface area contributed by atoms with Crippen LogP contribution < -0.4 is 5.32 Å². The highest BCUT2D eigenvalue weighted by molar-refractivity contribution is 9.10. The van der Waals surface area contributed by atoms with Gasteiger partial charge in [-0.25, -0.2) is 8.42 Å². The van der Waals surface area contributed by atoms with E-state index in [0.717, 1.165) is 15.4 Å². The molecule has 1 aromatic heterocycles. The predicted molar refractivity (Wildman–Crippen MR) is 114 cm³/mol. The zero-order valence-electron chi connectivity index (χ0n) is 15.8. The molecular weight excluding hydrogens is 456 g/mol. The summed E-state index contributed by atoms with van der Waals surface area (Å²) in [7, 11) is -3.90. The van der Waals surface area contributed by atoms with Crippen LogP contribution >= 0.6 is 15.9 Å². The zero-order valence-corrected chi connectivity index (χ0v) is 18.2. The normalized spacial score (nSPS) is 18.8. The van der Waals surface area contributed by atoms with Crippen LogP contribution in [0.4, 0.5) is 0 Å². The Morgan fingerprint density at radius 3 is 2.76 bits per heavy atom. The van der Waals surface area contributed by atoms with Crippen molar-refractivity contribution in [2.24, 2.45) is 0 Å². The number of furan rings is 1. The van der Waals surface area contributed by atoms with Gasteiger partial charge in [0.25, 0.3) is 10.0 Å². The topological polar surface area (TPSA) is 79.6 Å². The quantitative estimate of drug-likeness (QED) is 0.597. The number of rotatable bonds is 5. The van der Waals surface area contributed by atoms with E-state index in [1.165, 1.54) is 10.4 Å². The van der Waals surface area contributed by atoms with Gasteiger partial charge in [-0.1, -0.05) is 46.3 Å². The van der Waals surface area contributed by atoms with Crippen molar-refractivity contribution in [1.82, 2.24) is 9.62 Å². The number of para-hydroxylation sites is 1. The molecule has 8 heteroatoms. The maximum absolute atomic E-state index is 13.2. The van der Waals surface area contributed by atoms with Gasteiger partial charge in [-0.05, 0) is 43.5 Å². The summed E-state index contributed by atoms with van der Waals surface area (Å²) in [6.45, 7) is 2.18. The fourth-order valence-corrected chi connectivity index (χ4v) is 5.68. The van der Waals surface area contributed by atoms with Crippen LogP contribution in [0.5, 0.6) is 0 Å². The molecule has 2 heterocycles. The van der Waals surface area contributed by atoms with Crippen molar-refractivity contribution in [2.75, 3.05) is 6.54 Å². The van der Waals surface area contributed by atoms with Crippen LogP contribution in [0.25, 0.3) is 11.0 Å². The summed E-state index contributed by atoms with van der Waals surface area (Å²) >= 11 is 3.43. The number of benzene rings is 2. The number of hydrogen-bond donors (Lipinski definition) is 1. The Kier molecular flexibility index (Phi) is 5.50. The minimum Gasteiger partial charge on any atom is -0.443 e. The van der Waals surface area contributed by atoms with Gasteiger partial charge in [0.05, 0.1) is 6.04 Å². The van der Waals surface area contributed by atoms with E-state index in [0.29, 0.717) is 25.0 Å². The minimum absolute atomic E-state index is 0.126. The fourth-order valence-electron chi connectivity index (χ4n) is 3.66. The molecule has 1 aliphatic heterocycles. The molecule has 152 valence electrons. The number of nitrogens with one attached hydrogen (secondary N) is 1. The second kappa shape index (κ2) is 7.93. The lowest BCUT2D eigenvalue weighted by Gasteiger charge is -2.24. The van der Waals surface area contributed by atoms with Gasteiger partial charge in [0, 0.05) is 22.5 Å². The number of halogens is 1. The summed E-state index contributed by atoms with van der Waals surface area (Å²) in [6.07, 6.45) is 1.11. The van der Waals surface area contributed by atoms with Gasteiger partial charge in [-0.15, -0.1) is 0 Å². The molecule has 4 rings (SSSR count). The molecule has 1 amide bonds. The van der Waals surface area contributed by atoms with E-state index >= 15 is 0 Å². The molecule has 0 spiro atoms. The van der Waals surface area contributed by atoms with Gasteiger partial charge in [-0.2, -0.15) is 4.31 Å². The molecule has 0 aliphatic carbocycles. The Bertz CT molecular complexity index is 1130. The average Bonchev–Trinajstić information content (AvgIpc) is 3.35. The van der Waals surface area contributed by atoms with E-state index < -0.39 is 16.1 Å². The minimum atomic E-state index is -3.90. The highest BCUT2D eigenvalue weighted by Gasteiger charge is 2.41. The van der Waals surface area contributed by atoms with Crippen LogP contribution in [0, 0.1) is 0 Å². The van der Waals surface area contributed by atoms with Crippen LogP contribution in [0.15, 0.2) is 68.6 Å². The van der Waals surface area contributed by atoms with E-state index in [1.54, 1.807) is 18.2 Å². The molecule has 0 unspecified atom stereocenters. The molecule has 3 aromatic rings. The average molecular weight is 477 g/mol. The molecule has 6 nitrogen and oxygen atoms in total. The Hall–Kier alpha value is -2.16. The van der Waals surface area contributed by atoms with Crippen molar-refractivity contribution in [1.29, 1.82) is 0 Å². The first-order valence-electron chi connectivity index (χ1n) is 9.42. The third-order valence-electron chi connectivity index (χ3n) is 5.18. The van der Waals surface area contributed by atoms with Crippen LogP contribution in [0.2, 0.25) is 0 Å². The standard InChI is InChI=1S/C21H21BrN2O4S/c1-14(15-7-4-8-17(22)12-15)23-21(25)18-9-5-11-24(18)29(26,27)20-13-16-6-2-3-10-19(16)28-20/h2-4,6-8,10,12-14,18H,5,9,11H2,1H3,(H,23,25)/t14-,18-/m0/s1. The molecule has 0 saturated carbocycles. The first kappa shape index (κ1) is 20.1. The van der Waals surface area contributed by atoms with Gasteiger partial charge in [0.2, 0.25) is 11.0 Å². The molecule has 29 heavy (non-hydrogen) atoms. The van der Waals surface area contributed by atoms with Gasteiger partial charge in [-0.3, -0.25) is 4.79 Å². The van der Waals surface area contributed by atoms with Crippen LogP contribution in [0.1, 0.15) is 31.4 Å². The molecule has 1 aliphatic rings. The van der Waals surface area contributed by atoms with Crippen LogP contribution in [-0.4, -0.2) is 31.2 Å². The van der Waals surface area contributed by atoms with Gasteiger partial charge >= 0.3 is 0 Å². The smallest absolute Gasteiger partial charge is 0.277 e. The predicted octanol–water partition coefficient (Wildman–Crippen LogP) is 4.23. The molecule has 2 atom stereocenters. The number of nitrogens with zero attached hydrogens (tertiary/aromatic N) is 1. The van der Waals surface area contributed by atoms with Crippen LogP contribution in [0.3, 0.4) is 0 Å². The number of fused-ring (bicyclic) bond motifs is 1. The van der Waals surface area contributed by atoms with Gasteiger partial charge in [0.15, 0.2) is 0 Å². The van der Waals surface area contributed by atoms with E-state index in [-0.39, 0.29) is 17.0 Å². The highest BCUT2D eigenvalue weighted by Crippen LogP contribution is 2.30. The Morgan fingerprint density at radius 1 is 1.21 bits per heavy atom. The molecule has 0 radical (unpaired) electrons. The van der Waals surface area contributed by atoms with Crippen molar-refractivity contribution in [3.8, 4) is 0 Å². The largest absolute Gasteiger partial charge is 0.443 e. The summed E-state index contributed by atoms with van der Waals surface area (Å²) in [4.78, 5) is 12.9. The first-order valence-corrected chi connectivity index (χ1v) is 11.7. The monoisotopic (exact) mass is 476 g/mol. The van der Waals surface area contributed by atoms with Crippen molar-refractivity contribution >= 4 is 42.8 Å². The molecule has 2 aromatic carbocycles. The van der Waals surface area contributed by atoms with Gasteiger partial charge < -0.3 is 9.73 Å². The van der Waals surface area contributed by atoms with Gasteiger partial charge in [0.1, 0.15) is 11.6 Å². The SMILES string of the molecule is C[C@H](NC(=O)[C@@H]1CCCN1S(=O)(=O)c1cc2ccccc2o1)c1cccc(Br)c1. The first-order chi connectivity index (χ1) is 13.9. The lowest BCUT2D eigenvalue weighted by Crippen LogP contribution is -2.46. The Labute approximate surface area is 178 Å². The second-order valence-electron chi connectivity index (χ2n) is 7.16. The van der Waals surface area contributed by atoms with Crippen molar-refractivity contribution in [2.45, 2.75) is 36.9 Å². The number of sulfonamides is 1. The van der Waals surface area contributed by atoms with Crippen molar-refractivity contribution in [3.63, 3.8) is 0 Å². The third-order valence-corrected chi connectivity index (χ3v) is 7.44. The van der Waals surface area contributed by atoms with Crippen molar-refractivity contribution < 1.29 is 17.6 Å². The maximum atomic E-state index is 13.2. The van der Waals surface area contributed by atoms with E-state index in [2.05, 4.69) is 21.2 Å². The zero-order chi connectivity index (χ0) is 20.6. The maximum Gasteiger partial charge on any atom is 0.277 e. The lowest BCUT2D eigenvalue weighted by molar-refractivity contribution is -0.124. The number of carbonyl (C=O) groups is 1. The van der Waals surface area contributed by atoms with E-state index in [1.807, 2.05) is 37.3 Å². The summed E-state index contributed by atoms with van der Waals surface area (Å²) in [5.41, 5.74) is 1.45. The number of amides is 1. The van der Waals surface area contributed by atoms with E-state index in [4.69, 9.17) is 4.42 Å². The van der Waals surface area contributed by atoms with E-state index in [9.17, 15) is 13.2 Å². The van der Waals surface area contributed by atoms with Crippen molar-refractivity contribution in [3.05, 3.63) is 64.6 Å². The Balaban J connectivity index is 1.55. The molecular formula is C21H21BrN2O4S. The number of carbonyl (C=O) groups excluding carboxylic acids is 1. The number of hydrogen-bond acceptors (Lipinski definition) is 4. The summed E-state index contributed by atoms with van der Waals surface area (Å²) in [5, 5.41) is 3.54. The summed E-state index contributed by atoms with van der Waals surface area (Å²) < 4.78 is 34.1. The molecule has 1 fully saturated rings. The Morgan fingerprint density at radius 2 is 2.00 bits per heavy atom. The van der Waals surface area contributed by atoms with Crippen LogP contribution in [-0.2, 0) is 14.8 Å². The lowest BCUT2D eigenvalue weighted by atomic mass is 10.1. The summed E-state index contributed by atoms with van der Waals surface area (Å²) in [6, 6.07) is 15.3. The second-order valence-corrected chi connectivity index (χ2v) is 9.90. The molecule has 0 bridgehead atoms. The molecule has 1 N–H and O–H groups in total. The third kappa shape index (κ3) is 3.97. The fraction of sp³-hybridized carbons (Fsp3) is 0.286. The highest BCUT2D eigenvalue weighted by atomic mass is 79.9.